The molecule has 0 spiro atoms. The van der Waals surface area contributed by atoms with E-state index >= 15 is 0 Å². The molecule has 0 bridgehead atoms. The van der Waals surface area contributed by atoms with Crippen LogP contribution in [0, 0.1) is 0 Å². The van der Waals surface area contributed by atoms with E-state index in [-0.39, 0.29) is 6.04 Å². The van der Waals surface area contributed by atoms with Crippen LogP contribution in [-0.4, -0.2) is 19.8 Å². The van der Waals surface area contributed by atoms with Gasteiger partial charge in [-0.2, -0.15) is 0 Å². The minimum absolute atomic E-state index is 0.226. The maximum absolute atomic E-state index is 6.15. The zero-order valence-corrected chi connectivity index (χ0v) is 12.1. The van der Waals surface area contributed by atoms with Gasteiger partial charge in [-0.25, -0.2) is 0 Å². The summed E-state index contributed by atoms with van der Waals surface area (Å²) in [6, 6.07) is 3.85. The Balaban J connectivity index is 1.99. The predicted octanol–water partition coefficient (Wildman–Crippen LogP) is 3.96. The van der Waals surface area contributed by atoms with E-state index in [1.165, 1.54) is 6.26 Å². The molecule has 0 saturated heterocycles. The highest BCUT2D eigenvalue weighted by Crippen LogP contribution is 2.39. The van der Waals surface area contributed by atoms with Crippen LogP contribution >= 0.6 is 23.2 Å². The van der Waals surface area contributed by atoms with Gasteiger partial charge in [-0.05, 0) is 25.1 Å². The van der Waals surface area contributed by atoms with Gasteiger partial charge < -0.3 is 14.8 Å². The van der Waals surface area contributed by atoms with Crippen LogP contribution in [0.2, 0.25) is 10.0 Å². The number of halogens is 2. The van der Waals surface area contributed by atoms with Crippen molar-refractivity contribution in [3.05, 3.63) is 40.6 Å². The topological polar surface area (TPSA) is 30.5 Å². The van der Waals surface area contributed by atoms with Gasteiger partial charge in [-0.3, -0.25) is 0 Å². The standard InChI is InChI=1S/C14H17Cl2NO2/c1-2-18-6-3-5-17-13-4-7-19-14-11(13)8-10(15)9-12(14)16/h2,8-9,13,17H,1,3-7H2. The zero-order chi connectivity index (χ0) is 13.7. The van der Waals surface area contributed by atoms with Crippen molar-refractivity contribution in [1.82, 2.24) is 5.32 Å². The Bertz CT molecular complexity index is 451. The molecule has 1 aromatic carbocycles. The van der Waals surface area contributed by atoms with E-state index in [4.69, 9.17) is 32.7 Å². The summed E-state index contributed by atoms with van der Waals surface area (Å²) < 4.78 is 10.7. The molecular weight excluding hydrogens is 285 g/mol. The zero-order valence-electron chi connectivity index (χ0n) is 10.6. The highest BCUT2D eigenvalue weighted by atomic mass is 35.5. The molecule has 1 aromatic rings. The average molecular weight is 302 g/mol. The Hall–Kier alpha value is -0.900. The van der Waals surface area contributed by atoms with E-state index in [1.54, 1.807) is 6.07 Å². The van der Waals surface area contributed by atoms with Crippen molar-refractivity contribution < 1.29 is 9.47 Å². The van der Waals surface area contributed by atoms with Gasteiger partial charge >= 0.3 is 0 Å². The molecular formula is C14H17Cl2NO2. The number of rotatable bonds is 6. The first-order chi connectivity index (χ1) is 9.22. The molecule has 1 atom stereocenters. The summed E-state index contributed by atoms with van der Waals surface area (Å²) in [5.41, 5.74) is 1.04. The van der Waals surface area contributed by atoms with Crippen molar-refractivity contribution in [3.8, 4) is 5.75 Å². The molecule has 19 heavy (non-hydrogen) atoms. The van der Waals surface area contributed by atoms with Crippen LogP contribution in [0.5, 0.6) is 5.75 Å². The lowest BCUT2D eigenvalue weighted by molar-refractivity contribution is 0.231. The normalized spacial score (nSPS) is 17.5. The Labute approximate surface area is 123 Å². The number of nitrogens with one attached hydrogen (secondary N) is 1. The van der Waals surface area contributed by atoms with Crippen LogP contribution in [0.15, 0.2) is 25.0 Å². The van der Waals surface area contributed by atoms with Crippen molar-refractivity contribution in [1.29, 1.82) is 0 Å². The van der Waals surface area contributed by atoms with Crippen molar-refractivity contribution in [3.63, 3.8) is 0 Å². The molecule has 0 radical (unpaired) electrons. The monoisotopic (exact) mass is 301 g/mol. The molecule has 0 saturated carbocycles. The summed E-state index contributed by atoms with van der Waals surface area (Å²) in [5, 5.41) is 4.69. The first kappa shape index (κ1) is 14.5. The first-order valence-electron chi connectivity index (χ1n) is 6.30. The highest BCUT2D eigenvalue weighted by molar-refractivity contribution is 6.35. The Morgan fingerprint density at radius 2 is 2.32 bits per heavy atom. The summed E-state index contributed by atoms with van der Waals surface area (Å²) in [7, 11) is 0. The Morgan fingerprint density at radius 3 is 3.11 bits per heavy atom. The van der Waals surface area contributed by atoms with Crippen molar-refractivity contribution in [2.24, 2.45) is 0 Å². The predicted molar refractivity (Wildman–Crippen MR) is 78.1 cm³/mol. The van der Waals surface area contributed by atoms with Gasteiger partial charge in [-0.15, -0.1) is 0 Å². The number of hydrogen-bond donors (Lipinski definition) is 1. The fourth-order valence-corrected chi connectivity index (χ4v) is 2.72. The summed E-state index contributed by atoms with van der Waals surface area (Å²) in [6.07, 6.45) is 3.29. The SMILES string of the molecule is C=COCCCNC1CCOc2c(Cl)cc(Cl)cc21. The van der Waals surface area contributed by atoms with Gasteiger partial charge in [0.05, 0.1) is 24.5 Å². The molecule has 5 heteroatoms. The molecule has 0 aliphatic carbocycles. The second kappa shape index (κ2) is 7.04. The summed E-state index contributed by atoms with van der Waals surface area (Å²) in [4.78, 5) is 0. The maximum atomic E-state index is 6.15. The lowest BCUT2D eigenvalue weighted by atomic mass is 10.0. The second-order valence-electron chi connectivity index (χ2n) is 4.34. The molecule has 1 heterocycles. The summed E-state index contributed by atoms with van der Waals surface area (Å²) >= 11 is 12.2. The molecule has 1 aliphatic rings. The Kier molecular flexibility index (Phi) is 5.37. The average Bonchev–Trinajstić information content (AvgIpc) is 2.39. The fraction of sp³-hybridized carbons (Fsp3) is 0.429. The minimum atomic E-state index is 0.226. The molecule has 0 amide bonds. The highest BCUT2D eigenvalue weighted by Gasteiger charge is 2.23. The van der Waals surface area contributed by atoms with Crippen LogP contribution < -0.4 is 10.1 Å². The van der Waals surface area contributed by atoms with E-state index in [0.29, 0.717) is 23.3 Å². The lowest BCUT2D eigenvalue weighted by Gasteiger charge is -2.27. The number of ether oxygens (including phenoxy) is 2. The van der Waals surface area contributed by atoms with Crippen LogP contribution in [0.3, 0.4) is 0 Å². The number of hydrogen-bond acceptors (Lipinski definition) is 3. The third kappa shape index (κ3) is 3.78. The van der Waals surface area contributed by atoms with Crippen molar-refractivity contribution in [2.45, 2.75) is 18.9 Å². The van der Waals surface area contributed by atoms with Crippen LogP contribution in [0.1, 0.15) is 24.4 Å². The quantitative estimate of drug-likeness (QED) is 0.637. The number of benzene rings is 1. The Morgan fingerprint density at radius 1 is 1.47 bits per heavy atom. The smallest absolute Gasteiger partial charge is 0.142 e. The van der Waals surface area contributed by atoms with E-state index in [2.05, 4.69) is 11.9 Å². The maximum Gasteiger partial charge on any atom is 0.142 e. The molecule has 1 N–H and O–H groups in total. The van der Waals surface area contributed by atoms with Gasteiger partial charge in [0.2, 0.25) is 0 Å². The van der Waals surface area contributed by atoms with Crippen LogP contribution in [-0.2, 0) is 4.74 Å². The minimum Gasteiger partial charge on any atom is -0.502 e. The molecule has 1 unspecified atom stereocenters. The molecule has 1 aliphatic heterocycles. The van der Waals surface area contributed by atoms with E-state index < -0.39 is 0 Å². The van der Waals surface area contributed by atoms with Crippen molar-refractivity contribution >= 4 is 23.2 Å². The van der Waals surface area contributed by atoms with Crippen molar-refractivity contribution in [2.75, 3.05) is 19.8 Å². The molecule has 0 fully saturated rings. The van der Waals surface area contributed by atoms with E-state index in [0.717, 1.165) is 30.7 Å². The third-order valence-electron chi connectivity index (χ3n) is 3.01. The molecule has 0 aromatic heterocycles. The van der Waals surface area contributed by atoms with Crippen LogP contribution in [0.4, 0.5) is 0 Å². The molecule has 3 nitrogen and oxygen atoms in total. The largest absolute Gasteiger partial charge is 0.502 e. The second-order valence-corrected chi connectivity index (χ2v) is 5.18. The molecule has 104 valence electrons. The van der Waals surface area contributed by atoms with Gasteiger partial charge in [0.15, 0.2) is 0 Å². The third-order valence-corrected chi connectivity index (χ3v) is 3.51. The first-order valence-corrected chi connectivity index (χ1v) is 7.05. The summed E-state index contributed by atoms with van der Waals surface area (Å²) in [5.74, 6) is 0.747. The fourth-order valence-electron chi connectivity index (χ4n) is 2.15. The van der Waals surface area contributed by atoms with Gasteiger partial charge in [0.1, 0.15) is 5.75 Å². The van der Waals surface area contributed by atoms with Gasteiger partial charge in [-0.1, -0.05) is 29.8 Å². The summed E-state index contributed by atoms with van der Waals surface area (Å²) in [6.45, 7) is 5.70. The van der Waals surface area contributed by atoms with E-state index in [1.807, 2.05) is 6.07 Å². The number of fused-ring (bicyclic) bond motifs is 1. The lowest BCUT2D eigenvalue weighted by Crippen LogP contribution is -2.28. The molecule has 2 rings (SSSR count). The van der Waals surface area contributed by atoms with E-state index in [9.17, 15) is 0 Å². The van der Waals surface area contributed by atoms with Gasteiger partial charge in [0.25, 0.3) is 0 Å². The van der Waals surface area contributed by atoms with Gasteiger partial charge in [0, 0.05) is 23.0 Å². The van der Waals surface area contributed by atoms with Crippen LogP contribution in [0.25, 0.3) is 0 Å².